The molecule has 0 saturated heterocycles. The van der Waals surface area contributed by atoms with Crippen LogP contribution in [0.4, 0.5) is 0 Å². The number of quaternary nitrogens is 1. The fourth-order valence-electron chi connectivity index (χ4n) is 4.18. The van der Waals surface area contributed by atoms with Gasteiger partial charge in [0.05, 0.1) is 13.2 Å². The lowest BCUT2D eigenvalue weighted by atomic mass is 10.0. The fourth-order valence-corrected chi connectivity index (χ4v) is 4.18. The second kappa shape index (κ2) is 25.1. The average Bonchev–Trinajstić information content (AvgIpc) is 2.76. The van der Waals surface area contributed by atoms with Crippen LogP contribution in [0.5, 0.6) is 0 Å². The van der Waals surface area contributed by atoms with Crippen LogP contribution in [0.25, 0.3) is 0 Å². The molecule has 0 aliphatic heterocycles. The monoisotopic (exact) mass is 489 g/mol. The number of carboxylic acid groups (broad SMARTS) is 1. The third-order valence-corrected chi connectivity index (χ3v) is 6.26. The Morgan fingerprint density at radius 2 is 1.35 bits per heavy atom. The van der Waals surface area contributed by atoms with E-state index in [1.54, 1.807) is 0 Å². The van der Waals surface area contributed by atoms with E-state index in [0.717, 1.165) is 50.7 Å². The average molecular weight is 490 g/mol. The van der Waals surface area contributed by atoms with Crippen LogP contribution in [0.15, 0.2) is 0 Å². The van der Waals surface area contributed by atoms with Crippen LogP contribution >= 0.6 is 0 Å². The Morgan fingerprint density at radius 1 is 0.853 bits per heavy atom. The molecule has 0 aromatic heterocycles. The van der Waals surface area contributed by atoms with E-state index in [2.05, 4.69) is 20.8 Å². The Hall–Kier alpha value is -1.02. The molecule has 7 heteroatoms. The molecule has 0 spiro atoms. The minimum absolute atomic E-state index is 0.0433. The van der Waals surface area contributed by atoms with Crippen molar-refractivity contribution in [3.63, 3.8) is 0 Å². The highest BCUT2D eigenvalue weighted by molar-refractivity contribution is 5.64. The Bertz CT molecular complexity index is 452. The third kappa shape index (κ3) is 24.1. The number of carboxylic acids is 1. The summed E-state index contributed by atoms with van der Waals surface area (Å²) in [6, 6.07) is 0. The molecule has 0 aliphatic carbocycles. The molecule has 0 radical (unpaired) electrons. The van der Waals surface area contributed by atoms with Crippen molar-refractivity contribution in [1.29, 1.82) is 0 Å². The highest BCUT2D eigenvalue weighted by Crippen LogP contribution is 2.14. The van der Waals surface area contributed by atoms with Gasteiger partial charge in [-0.15, -0.1) is 0 Å². The van der Waals surface area contributed by atoms with E-state index in [0.29, 0.717) is 19.6 Å². The van der Waals surface area contributed by atoms with E-state index >= 15 is 0 Å². The van der Waals surface area contributed by atoms with Gasteiger partial charge in [0, 0.05) is 5.97 Å². The molecule has 0 heterocycles. The number of hydrogen-bond acceptors (Lipinski definition) is 6. The summed E-state index contributed by atoms with van der Waals surface area (Å²) in [6.45, 7) is 7.94. The molecule has 0 fully saturated rings. The first-order chi connectivity index (χ1) is 16.3. The van der Waals surface area contributed by atoms with Gasteiger partial charge >= 0.3 is 0 Å². The van der Waals surface area contributed by atoms with E-state index in [9.17, 15) is 30.0 Å². The van der Waals surface area contributed by atoms with Gasteiger partial charge in [-0.3, -0.25) is 4.79 Å². The number of rotatable bonds is 23. The molecular formula is C27H55NO6. The molecule has 0 aromatic rings. The van der Waals surface area contributed by atoms with Gasteiger partial charge in [0.2, 0.25) is 0 Å². The van der Waals surface area contributed by atoms with E-state index in [1.807, 2.05) is 0 Å². The third-order valence-electron chi connectivity index (χ3n) is 6.26. The van der Waals surface area contributed by atoms with Crippen LogP contribution in [-0.4, -0.2) is 77.6 Å². The lowest BCUT2D eigenvalue weighted by molar-refractivity contribution is -0.923. The molecule has 0 amide bonds. The first-order valence-electron chi connectivity index (χ1n) is 13.6. The predicted molar refractivity (Wildman–Crippen MR) is 136 cm³/mol. The van der Waals surface area contributed by atoms with Crippen molar-refractivity contribution in [2.45, 2.75) is 117 Å². The maximum Gasteiger partial charge on any atom is 0.174 e. The van der Waals surface area contributed by atoms with E-state index < -0.39 is 12.1 Å². The highest BCUT2D eigenvalue weighted by atomic mass is 16.4. The van der Waals surface area contributed by atoms with Gasteiger partial charge in [-0.2, -0.15) is 0 Å². The summed E-state index contributed by atoms with van der Waals surface area (Å²) in [5, 5.41) is 38.6. The first-order valence-corrected chi connectivity index (χ1v) is 13.6. The van der Waals surface area contributed by atoms with Crippen LogP contribution in [0.1, 0.15) is 111 Å². The predicted octanol–water partition coefficient (Wildman–Crippen LogP) is 3.22. The number of hydrogen-bond donors (Lipinski definition) is 3. The molecule has 3 N–H and O–H groups in total. The molecule has 0 rings (SSSR count). The lowest BCUT2D eigenvalue weighted by Gasteiger charge is -2.37. The number of aliphatic carboxylic acids is 1. The minimum Gasteiger partial charge on any atom is -0.550 e. The maximum atomic E-state index is 10.9. The van der Waals surface area contributed by atoms with Crippen LogP contribution in [0, 0.1) is 5.92 Å². The van der Waals surface area contributed by atoms with Crippen LogP contribution in [0.3, 0.4) is 0 Å². The van der Waals surface area contributed by atoms with Gasteiger partial charge in [0.15, 0.2) is 6.29 Å². The lowest BCUT2D eigenvalue weighted by Crippen LogP contribution is -2.56. The summed E-state index contributed by atoms with van der Waals surface area (Å²) in [5.41, 5.74) is 0. The zero-order valence-electron chi connectivity index (χ0n) is 22.4. The number of nitrogens with zero attached hydrogens (tertiary/aromatic N) is 1. The minimum atomic E-state index is -0.922. The van der Waals surface area contributed by atoms with Crippen LogP contribution in [-0.2, 0) is 9.59 Å². The SMILES string of the molecule is CC(C)CCCCCC(=O)[O-].CCCCCCCCCCC(O)C[N+](CC=O)(CCO)CCO. The van der Waals surface area contributed by atoms with Gasteiger partial charge in [-0.25, -0.2) is 0 Å². The Labute approximate surface area is 209 Å². The van der Waals surface area contributed by atoms with Gasteiger partial charge in [-0.05, 0) is 25.2 Å². The number of carbonyl (C=O) groups is 2. The standard InChI is InChI=1S/C18H38NO4.C9H18O2/c1-2-3-4-5-6-7-8-9-10-18(23)17-19(11-14-20,12-15-21)13-16-22;1-8(2)6-4-3-5-7-9(10)11/h14,18,21-23H,2-13,15-17H2,1H3;8H,3-7H2,1-2H3,(H,10,11)/q+1;/p-1. The van der Waals surface area contributed by atoms with Crippen molar-refractivity contribution in [3.8, 4) is 0 Å². The van der Waals surface area contributed by atoms with Crippen molar-refractivity contribution in [2.24, 2.45) is 5.92 Å². The van der Waals surface area contributed by atoms with Gasteiger partial charge < -0.3 is 29.7 Å². The molecule has 1 atom stereocenters. The van der Waals surface area contributed by atoms with Crippen molar-refractivity contribution in [2.75, 3.05) is 39.4 Å². The molecule has 1 unspecified atom stereocenters. The van der Waals surface area contributed by atoms with Gasteiger partial charge in [0.1, 0.15) is 32.3 Å². The summed E-state index contributed by atoms with van der Waals surface area (Å²) >= 11 is 0. The molecule has 204 valence electrons. The fraction of sp³-hybridized carbons (Fsp3) is 0.926. The first kappa shape index (κ1) is 35.1. The van der Waals surface area contributed by atoms with Crippen LogP contribution in [0.2, 0.25) is 0 Å². The molecule has 0 aromatic carbocycles. The molecule has 7 nitrogen and oxygen atoms in total. The van der Waals surface area contributed by atoms with E-state index in [1.165, 1.54) is 44.9 Å². The Balaban J connectivity index is 0. The number of aliphatic hydroxyl groups excluding tert-OH is 3. The molecule has 0 saturated carbocycles. The highest BCUT2D eigenvalue weighted by Gasteiger charge is 2.29. The molecule has 0 aliphatic rings. The zero-order chi connectivity index (χ0) is 26.1. The quantitative estimate of drug-likeness (QED) is 0.115. The summed E-state index contributed by atoms with van der Waals surface area (Å²) in [6.07, 6.45) is 15.3. The molecular weight excluding hydrogens is 434 g/mol. The van der Waals surface area contributed by atoms with E-state index in [-0.39, 0.29) is 30.7 Å². The normalized spacial score (nSPS) is 12.3. The maximum absolute atomic E-state index is 10.9. The summed E-state index contributed by atoms with van der Waals surface area (Å²) < 4.78 is 0.273. The van der Waals surface area contributed by atoms with Crippen molar-refractivity contribution in [3.05, 3.63) is 0 Å². The molecule has 34 heavy (non-hydrogen) atoms. The zero-order valence-corrected chi connectivity index (χ0v) is 22.4. The summed E-state index contributed by atoms with van der Waals surface area (Å²) in [4.78, 5) is 20.9. The Kier molecular flexibility index (Phi) is 25.9. The largest absolute Gasteiger partial charge is 0.550 e. The Morgan fingerprint density at radius 3 is 1.82 bits per heavy atom. The van der Waals surface area contributed by atoms with Crippen molar-refractivity contribution >= 4 is 12.3 Å². The van der Waals surface area contributed by atoms with Gasteiger partial charge in [-0.1, -0.05) is 91.4 Å². The van der Waals surface area contributed by atoms with Crippen molar-refractivity contribution in [1.82, 2.24) is 0 Å². The second-order valence-corrected chi connectivity index (χ2v) is 10.1. The summed E-state index contributed by atoms with van der Waals surface area (Å²) in [5.74, 6) is -0.187. The number of aldehydes is 1. The number of aliphatic hydroxyl groups is 3. The number of unbranched alkanes of at least 4 members (excludes halogenated alkanes) is 9. The van der Waals surface area contributed by atoms with Gasteiger partial charge in [0.25, 0.3) is 0 Å². The van der Waals surface area contributed by atoms with Crippen molar-refractivity contribution < 1.29 is 34.5 Å². The number of carbonyl (C=O) groups excluding carboxylic acids is 2. The summed E-state index contributed by atoms with van der Waals surface area (Å²) in [7, 11) is 0. The van der Waals surface area contributed by atoms with Crippen LogP contribution < -0.4 is 5.11 Å². The van der Waals surface area contributed by atoms with E-state index in [4.69, 9.17) is 0 Å². The topological polar surface area (TPSA) is 118 Å². The smallest absolute Gasteiger partial charge is 0.174 e. The molecule has 0 bridgehead atoms. The second-order valence-electron chi connectivity index (χ2n) is 10.1.